The largest absolute Gasteiger partial charge is 1.00 e. The minimum atomic E-state index is -2.67. The van der Waals surface area contributed by atoms with Gasteiger partial charge >= 0.3 is 0 Å². The normalized spacial score (nSPS) is 27.1. The molecule has 0 radical (unpaired) electrons. The Bertz CT molecular complexity index is 207. The molecule has 0 unspecified atom stereocenters. The molecule has 0 bridgehead atoms. The molecule has 0 spiro atoms. The Morgan fingerprint density at radius 3 is 1.73 bits per heavy atom. The molecule has 0 aromatic heterocycles. The first kappa shape index (κ1) is 11.6. The van der Waals surface area contributed by atoms with Crippen LogP contribution in [-0.2, 0) is 9.84 Å². The van der Waals surface area contributed by atoms with Crippen molar-refractivity contribution in [3.63, 3.8) is 0 Å². The van der Waals surface area contributed by atoms with Crippen LogP contribution in [0.2, 0.25) is 0 Å². The lowest BCUT2D eigenvalue weighted by atomic mass is 10.5. The average Bonchev–Trinajstić information content (AvgIpc) is 1.79. The molecule has 0 N–H and O–H groups in total. The van der Waals surface area contributed by atoms with Crippen molar-refractivity contribution in [2.24, 2.45) is 0 Å². The van der Waals surface area contributed by atoms with Crippen LogP contribution in [0.15, 0.2) is 0 Å². The lowest BCUT2D eigenvalue weighted by molar-refractivity contribution is -0.886. The van der Waals surface area contributed by atoms with Gasteiger partial charge in [-0.25, -0.2) is 8.42 Å². The molecule has 0 amide bonds. The Morgan fingerprint density at radius 1 is 1.09 bits per heavy atom. The molecule has 11 heavy (non-hydrogen) atoms. The zero-order valence-corrected chi connectivity index (χ0v) is 9.85. The van der Waals surface area contributed by atoms with Gasteiger partial charge in [0.2, 0.25) is 0 Å². The molecule has 3 nitrogen and oxygen atoms in total. The fourth-order valence-electron chi connectivity index (χ4n) is 0.986. The van der Waals surface area contributed by atoms with Crippen molar-refractivity contribution in [1.29, 1.82) is 0 Å². The second-order valence-corrected chi connectivity index (χ2v) is 5.84. The number of rotatable bonds is 0. The molecule has 1 aliphatic rings. The van der Waals surface area contributed by atoms with Crippen LogP contribution in [0.25, 0.3) is 0 Å². The molecule has 1 fully saturated rings. The van der Waals surface area contributed by atoms with E-state index in [-0.39, 0.29) is 24.0 Å². The van der Waals surface area contributed by atoms with Gasteiger partial charge in [-0.2, -0.15) is 0 Å². The molecule has 0 saturated carbocycles. The number of sulfone groups is 1. The summed E-state index contributed by atoms with van der Waals surface area (Å²) in [5, 5.41) is 0. The molecule has 1 rings (SSSR count). The number of nitrogens with zero attached hydrogens (tertiary/aromatic N) is 1. The number of hydrogen-bond acceptors (Lipinski definition) is 2. The SMILES string of the molecule is C[N+]1(C)CCS(=O)(=O)CC1.[I-]. The lowest BCUT2D eigenvalue weighted by Crippen LogP contribution is -3.00. The van der Waals surface area contributed by atoms with E-state index in [0.717, 1.165) is 17.6 Å². The summed E-state index contributed by atoms with van der Waals surface area (Å²) in [4.78, 5) is 0. The quantitative estimate of drug-likeness (QED) is 0.343. The van der Waals surface area contributed by atoms with Gasteiger partial charge in [-0.15, -0.1) is 0 Å². The number of hydrogen-bond donors (Lipinski definition) is 0. The van der Waals surface area contributed by atoms with E-state index in [1.165, 1.54) is 0 Å². The summed E-state index contributed by atoms with van der Waals surface area (Å²) >= 11 is 0. The Balaban J connectivity index is 0.000001000. The van der Waals surface area contributed by atoms with Gasteiger partial charge in [0.25, 0.3) is 0 Å². The van der Waals surface area contributed by atoms with E-state index in [1.54, 1.807) is 0 Å². The van der Waals surface area contributed by atoms with E-state index in [4.69, 9.17) is 0 Å². The maximum Gasteiger partial charge on any atom is 0.161 e. The topological polar surface area (TPSA) is 34.1 Å². The molecule has 0 aliphatic carbocycles. The van der Waals surface area contributed by atoms with Gasteiger partial charge < -0.3 is 28.5 Å². The van der Waals surface area contributed by atoms with Crippen LogP contribution in [0.3, 0.4) is 0 Å². The fourth-order valence-corrected chi connectivity index (χ4v) is 2.74. The molecular weight excluding hydrogens is 277 g/mol. The van der Waals surface area contributed by atoms with Gasteiger partial charge in [0, 0.05) is 0 Å². The van der Waals surface area contributed by atoms with E-state index in [2.05, 4.69) is 14.1 Å². The highest BCUT2D eigenvalue weighted by Gasteiger charge is 2.28. The molecule has 1 saturated heterocycles. The van der Waals surface area contributed by atoms with Crippen LogP contribution >= 0.6 is 0 Å². The van der Waals surface area contributed by atoms with Crippen molar-refractivity contribution >= 4 is 9.84 Å². The molecule has 0 atom stereocenters. The molecule has 68 valence electrons. The summed E-state index contributed by atoms with van der Waals surface area (Å²) in [6, 6.07) is 0. The fraction of sp³-hybridized carbons (Fsp3) is 1.00. The highest BCUT2D eigenvalue weighted by molar-refractivity contribution is 7.91. The van der Waals surface area contributed by atoms with Crippen molar-refractivity contribution < 1.29 is 36.9 Å². The summed E-state index contributed by atoms with van der Waals surface area (Å²) in [7, 11) is 1.46. The summed E-state index contributed by atoms with van der Waals surface area (Å²) in [6.07, 6.45) is 0. The lowest BCUT2D eigenvalue weighted by Gasteiger charge is -2.32. The minimum absolute atomic E-state index is 0. The zero-order valence-electron chi connectivity index (χ0n) is 6.88. The Morgan fingerprint density at radius 2 is 1.45 bits per heavy atom. The summed E-state index contributed by atoms with van der Waals surface area (Å²) in [5.41, 5.74) is 0. The van der Waals surface area contributed by atoms with E-state index >= 15 is 0 Å². The van der Waals surface area contributed by atoms with Crippen LogP contribution in [0, 0.1) is 0 Å². The van der Waals surface area contributed by atoms with Crippen LogP contribution in [0.4, 0.5) is 0 Å². The molecule has 5 heteroatoms. The number of halogens is 1. The Kier molecular flexibility index (Phi) is 3.78. The Labute approximate surface area is 85.3 Å². The monoisotopic (exact) mass is 291 g/mol. The van der Waals surface area contributed by atoms with Crippen molar-refractivity contribution in [1.82, 2.24) is 0 Å². The van der Waals surface area contributed by atoms with E-state index in [1.807, 2.05) is 0 Å². The first-order valence-electron chi connectivity index (χ1n) is 3.44. The minimum Gasteiger partial charge on any atom is -1.00 e. The molecule has 0 aromatic carbocycles. The maximum absolute atomic E-state index is 10.9. The smallest absolute Gasteiger partial charge is 0.161 e. The zero-order chi connectivity index (χ0) is 7.83. The van der Waals surface area contributed by atoms with Crippen molar-refractivity contribution in [3.8, 4) is 0 Å². The third-order valence-corrected chi connectivity index (χ3v) is 3.62. The summed E-state index contributed by atoms with van der Waals surface area (Å²) < 4.78 is 22.7. The standard InChI is InChI=1S/C6H14NO2S.HI/c1-7(2)3-5-10(8,9)6-4-7;/h3-6H2,1-2H3;1H/q+1;/p-1. The second-order valence-electron chi connectivity index (χ2n) is 3.53. The summed E-state index contributed by atoms with van der Waals surface area (Å²) in [6.45, 7) is 1.53. The van der Waals surface area contributed by atoms with Crippen molar-refractivity contribution in [2.45, 2.75) is 0 Å². The van der Waals surface area contributed by atoms with Gasteiger partial charge in [-0.05, 0) is 0 Å². The third-order valence-electron chi connectivity index (χ3n) is 2.02. The Hall–Kier alpha value is 0.640. The second kappa shape index (κ2) is 3.57. The van der Waals surface area contributed by atoms with Gasteiger partial charge in [0.15, 0.2) is 9.84 Å². The van der Waals surface area contributed by atoms with Gasteiger partial charge in [-0.3, -0.25) is 0 Å². The molecule has 1 heterocycles. The van der Waals surface area contributed by atoms with Gasteiger partial charge in [-0.1, -0.05) is 0 Å². The molecule has 0 aromatic rings. The average molecular weight is 291 g/mol. The first-order chi connectivity index (χ1) is 4.41. The van der Waals surface area contributed by atoms with Crippen LogP contribution < -0.4 is 24.0 Å². The van der Waals surface area contributed by atoms with E-state index in [9.17, 15) is 8.42 Å². The van der Waals surface area contributed by atoms with Gasteiger partial charge in [0.1, 0.15) is 0 Å². The molecular formula is C6H14INO2S. The van der Waals surface area contributed by atoms with Gasteiger partial charge in [0.05, 0.1) is 38.7 Å². The van der Waals surface area contributed by atoms with Crippen molar-refractivity contribution in [2.75, 3.05) is 38.7 Å². The highest BCUT2D eigenvalue weighted by atomic mass is 127. The maximum atomic E-state index is 10.9. The van der Waals surface area contributed by atoms with Crippen LogP contribution in [-0.4, -0.2) is 51.6 Å². The number of quaternary nitrogens is 1. The predicted molar refractivity (Wildman–Crippen MR) is 40.5 cm³/mol. The van der Waals surface area contributed by atoms with Crippen LogP contribution in [0.1, 0.15) is 0 Å². The van der Waals surface area contributed by atoms with Crippen molar-refractivity contribution in [3.05, 3.63) is 0 Å². The third kappa shape index (κ3) is 3.71. The highest BCUT2D eigenvalue weighted by Crippen LogP contribution is 2.07. The summed E-state index contributed by atoms with van der Waals surface area (Å²) in [5.74, 6) is 0.722. The predicted octanol–water partition coefficient (Wildman–Crippen LogP) is -3.50. The van der Waals surface area contributed by atoms with Crippen LogP contribution in [0.5, 0.6) is 0 Å². The van der Waals surface area contributed by atoms with E-state index in [0.29, 0.717) is 11.5 Å². The first-order valence-corrected chi connectivity index (χ1v) is 5.26. The molecule has 1 aliphatic heterocycles. The van der Waals surface area contributed by atoms with E-state index < -0.39 is 9.84 Å².